The second kappa shape index (κ2) is 4.14. The number of benzene rings is 1. The molecule has 0 fully saturated rings. The average Bonchev–Trinajstić information content (AvgIpc) is 2.88. The highest BCUT2D eigenvalue weighted by Crippen LogP contribution is 2.26. The van der Waals surface area contributed by atoms with E-state index >= 15 is 0 Å². The van der Waals surface area contributed by atoms with Crippen molar-refractivity contribution in [2.45, 2.75) is 12.5 Å². The molecule has 4 nitrogen and oxygen atoms in total. The Hall–Kier alpha value is -2.36. The Morgan fingerprint density at radius 2 is 2.28 bits per heavy atom. The Balaban J connectivity index is 1.94. The number of nitrogens with zero attached hydrogens (tertiary/aromatic N) is 1. The second-order valence-electron chi connectivity index (χ2n) is 4.34. The Kier molecular flexibility index (Phi) is 2.48. The molecule has 0 bridgehead atoms. The SMILES string of the molecule is O=C(O)C1CC(c2ccc3ncccc3c2)=CN1. The van der Waals surface area contributed by atoms with E-state index in [0.29, 0.717) is 6.42 Å². The first kappa shape index (κ1) is 10.8. The summed E-state index contributed by atoms with van der Waals surface area (Å²) < 4.78 is 0. The summed E-state index contributed by atoms with van der Waals surface area (Å²) in [6.07, 6.45) is 4.07. The molecule has 2 aromatic rings. The van der Waals surface area contributed by atoms with Gasteiger partial charge >= 0.3 is 5.97 Å². The third kappa shape index (κ3) is 1.82. The first-order valence-corrected chi connectivity index (χ1v) is 5.77. The van der Waals surface area contributed by atoms with Gasteiger partial charge in [0.05, 0.1) is 5.52 Å². The van der Waals surface area contributed by atoms with E-state index in [2.05, 4.69) is 10.3 Å². The molecule has 0 spiro atoms. The monoisotopic (exact) mass is 240 g/mol. The zero-order valence-corrected chi connectivity index (χ0v) is 9.63. The van der Waals surface area contributed by atoms with E-state index in [1.54, 1.807) is 12.4 Å². The van der Waals surface area contributed by atoms with Gasteiger partial charge in [-0.15, -0.1) is 0 Å². The van der Waals surface area contributed by atoms with Crippen LogP contribution in [0.25, 0.3) is 16.5 Å². The maximum atomic E-state index is 10.9. The zero-order chi connectivity index (χ0) is 12.5. The number of hydrogen-bond acceptors (Lipinski definition) is 3. The number of fused-ring (bicyclic) bond motifs is 1. The largest absolute Gasteiger partial charge is 0.480 e. The number of aromatic nitrogens is 1. The zero-order valence-electron chi connectivity index (χ0n) is 9.63. The fourth-order valence-corrected chi connectivity index (χ4v) is 2.17. The van der Waals surface area contributed by atoms with Crippen LogP contribution in [0.2, 0.25) is 0 Å². The fourth-order valence-electron chi connectivity index (χ4n) is 2.17. The minimum Gasteiger partial charge on any atom is -0.480 e. The van der Waals surface area contributed by atoms with Crippen LogP contribution in [0.1, 0.15) is 12.0 Å². The molecule has 0 radical (unpaired) electrons. The van der Waals surface area contributed by atoms with Gasteiger partial charge in [-0.05, 0) is 29.3 Å². The van der Waals surface area contributed by atoms with Crippen LogP contribution in [0.4, 0.5) is 0 Å². The van der Waals surface area contributed by atoms with Crippen LogP contribution in [0.15, 0.2) is 42.7 Å². The summed E-state index contributed by atoms with van der Waals surface area (Å²) in [5.74, 6) is -0.816. The summed E-state index contributed by atoms with van der Waals surface area (Å²) in [5, 5.41) is 12.9. The Morgan fingerprint density at radius 3 is 3.06 bits per heavy atom. The van der Waals surface area contributed by atoms with E-state index < -0.39 is 12.0 Å². The van der Waals surface area contributed by atoms with Gasteiger partial charge in [0.2, 0.25) is 0 Å². The summed E-state index contributed by atoms with van der Waals surface area (Å²) in [6.45, 7) is 0. The minimum absolute atomic E-state index is 0.510. The average molecular weight is 240 g/mol. The maximum absolute atomic E-state index is 10.9. The molecule has 0 saturated heterocycles. The van der Waals surface area contributed by atoms with Gasteiger partial charge in [0.25, 0.3) is 0 Å². The third-order valence-electron chi connectivity index (χ3n) is 3.15. The molecule has 0 amide bonds. The number of aliphatic carboxylic acids is 1. The van der Waals surface area contributed by atoms with Crippen LogP contribution >= 0.6 is 0 Å². The van der Waals surface area contributed by atoms with Crippen molar-refractivity contribution >= 4 is 22.4 Å². The summed E-state index contributed by atoms with van der Waals surface area (Å²) in [6, 6.07) is 9.37. The van der Waals surface area contributed by atoms with E-state index in [1.807, 2.05) is 30.3 Å². The summed E-state index contributed by atoms with van der Waals surface area (Å²) in [4.78, 5) is 15.1. The standard InChI is InChI=1S/C14H12N2O2/c17-14(18)13-7-11(8-16-13)9-3-4-12-10(6-9)2-1-5-15-12/h1-6,8,13,16H,7H2,(H,17,18). The van der Waals surface area contributed by atoms with Crippen molar-refractivity contribution in [1.29, 1.82) is 0 Å². The number of pyridine rings is 1. The molecule has 1 aromatic carbocycles. The molecule has 1 aromatic heterocycles. The normalized spacial score (nSPS) is 18.4. The lowest BCUT2D eigenvalue weighted by atomic mass is 10.0. The van der Waals surface area contributed by atoms with Crippen molar-refractivity contribution in [1.82, 2.24) is 10.3 Å². The van der Waals surface area contributed by atoms with Crippen LogP contribution in [0, 0.1) is 0 Å². The van der Waals surface area contributed by atoms with Gasteiger partial charge in [-0.3, -0.25) is 4.98 Å². The lowest BCUT2D eigenvalue weighted by Gasteiger charge is -2.05. The minimum atomic E-state index is -0.816. The number of carboxylic acid groups (broad SMARTS) is 1. The smallest absolute Gasteiger partial charge is 0.326 e. The molecule has 90 valence electrons. The van der Waals surface area contributed by atoms with E-state index in [9.17, 15) is 4.79 Å². The molecule has 1 aliphatic rings. The molecule has 0 saturated carbocycles. The quantitative estimate of drug-likeness (QED) is 0.843. The van der Waals surface area contributed by atoms with Crippen molar-refractivity contribution in [2.24, 2.45) is 0 Å². The van der Waals surface area contributed by atoms with Crippen LogP contribution in [0.3, 0.4) is 0 Å². The summed E-state index contributed by atoms with van der Waals surface area (Å²) in [7, 11) is 0. The molecule has 18 heavy (non-hydrogen) atoms. The van der Waals surface area contributed by atoms with Crippen molar-refractivity contribution in [3.8, 4) is 0 Å². The lowest BCUT2D eigenvalue weighted by Crippen LogP contribution is -2.28. The fraction of sp³-hybridized carbons (Fsp3) is 0.143. The maximum Gasteiger partial charge on any atom is 0.326 e. The molecule has 1 unspecified atom stereocenters. The molecular formula is C14H12N2O2. The van der Waals surface area contributed by atoms with Gasteiger partial charge in [0, 0.05) is 24.2 Å². The molecule has 2 N–H and O–H groups in total. The van der Waals surface area contributed by atoms with E-state index in [1.165, 1.54) is 0 Å². The predicted molar refractivity (Wildman–Crippen MR) is 68.9 cm³/mol. The Labute approximate surface area is 104 Å². The number of nitrogens with one attached hydrogen (secondary N) is 1. The Bertz CT molecular complexity index is 649. The molecule has 2 heterocycles. The predicted octanol–water partition coefficient (Wildman–Crippen LogP) is 2.02. The van der Waals surface area contributed by atoms with Crippen molar-refractivity contribution < 1.29 is 9.90 Å². The number of carbonyl (C=O) groups is 1. The highest BCUT2D eigenvalue weighted by atomic mass is 16.4. The molecule has 0 aliphatic carbocycles. The van der Waals surface area contributed by atoms with Crippen LogP contribution in [-0.2, 0) is 4.79 Å². The highest BCUT2D eigenvalue weighted by Gasteiger charge is 2.23. The van der Waals surface area contributed by atoms with Gasteiger partial charge in [0.1, 0.15) is 6.04 Å². The van der Waals surface area contributed by atoms with Gasteiger partial charge in [-0.2, -0.15) is 0 Å². The molecular weight excluding hydrogens is 228 g/mol. The van der Waals surface area contributed by atoms with Crippen LogP contribution in [0.5, 0.6) is 0 Å². The van der Waals surface area contributed by atoms with Crippen LogP contribution in [-0.4, -0.2) is 22.1 Å². The van der Waals surface area contributed by atoms with E-state index in [4.69, 9.17) is 5.11 Å². The third-order valence-corrected chi connectivity index (χ3v) is 3.15. The van der Waals surface area contributed by atoms with Crippen LogP contribution < -0.4 is 5.32 Å². The van der Waals surface area contributed by atoms with Crippen molar-refractivity contribution in [3.05, 3.63) is 48.3 Å². The van der Waals surface area contributed by atoms with Gasteiger partial charge in [0.15, 0.2) is 0 Å². The molecule has 1 atom stereocenters. The molecule has 1 aliphatic heterocycles. The van der Waals surface area contributed by atoms with Crippen molar-refractivity contribution in [3.63, 3.8) is 0 Å². The number of carboxylic acids is 1. The van der Waals surface area contributed by atoms with E-state index in [0.717, 1.165) is 22.0 Å². The topological polar surface area (TPSA) is 62.2 Å². The van der Waals surface area contributed by atoms with Crippen molar-refractivity contribution in [2.75, 3.05) is 0 Å². The van der Waals surface area contributed by atoms with Gasteiger partial charge < -0.3 is 10.4 Å². The number of rotatable bonds is 2. The highest BCUT2D eigenvalue weighted by molar-refractivity contribution is 5.86. The second-order valence-corrected chi connectivity index (χ2v) is 4.34. The lowest BCUT2D eigenvalue weighted by molar-refractivity contribution is -0.138. The van der Waals surface area contributed by atoms with Gasteiger partial charge in [-0.1, -0.05) is 12.1 Å². The Morgan fingerprint density at radius 1 is 1.39 bits per heavy atom. The van der Waals surface area contributed by atoms with Gasteiger partial charge in [-0.25, -0.2) is 4.79 Å². The molecule has 3 rings (SSSR count). The molecule has 4 heteroatoms. The first-order chi connectivity index (χ1) is 8.74. The summed E-state index contributed by atoms with van der Waals surface area (Å²) in [5.41, 5.74) is 3.02. The first-order valence-electron chi connectivity index (χ1n) is 5.77. The number of hydrogen-bond donors (Lipinski definition) is 2. The summed E-state index contributed by atoms with van der Waals surface area (Å²) >= 11 is 0. The van der Waals surface area contributed by atoms with E-state index in [-0.39, 0.29) is 0 Å².